The maximum absolute atomic E-state index is 13.7. The second-order valence-corrected chi connectivity index (χ2v) is 10.4. The molecule has 1 aromatic carbocycles. The number of nitrogens with one attached hydrogen (secondary N) is 2. The number of hydrogen-bond donors (Lipinski definition) is 2. The predicted octanol–water partition coefficient (Wildman–Crippen LogP) is 6.01. The zero-order chi connectivity index (χ0) is 25.4. The van der Waals surface area contributed by atoms with Crippen LogP contribution in [0, 0.1) is 11.8 Å². The molecular formula is C28H38BrN3O3. The highest BCUT2D eigenvalue weighted by Gasteiger charge is 2.37. The molecule has 0 saturated heterocycles. The molecule has 3 atom stereocenters. The Hall–Kier alpha value is -2.54. The van der Waals surface area contributed by atoms with E-state index in [2.05, 4.69) is 59.1 Å². The van der Waals surface area contributed by atoms with Crippen LogP contribution in [-0.4, -0.2) is 42.6 Å². The molecule has 1 fully saturated rings. The van der Waals surface area contributed by atoms with E-state index >= 15 is 0 Å². The van der Waals surface area contributed by atoms with Crippen molar-refractivity contribution in [3.63, 3.8) is 0 Å². The molecule has 6 nitrogen and oxygen atoms in total. The molecule has 0 bridgehead atoms. The lowest BCUT2D eigenvalue weighted by Crippen LogP contribution is -2.54. The molecular weight excluding hydrogens is 506 g/mol. The number of rotatable bonds is 9. The Balaban J connectivity index is 1.76. The highest BCUT2D eigenvalue weighted by atomic mass is 79.9. The summed E-state index contributed by atoms with van der Waals surface area (Å²) in [5, 5.41) is 6.21. The molecule has 0 radical (unpaired) electrons. The monoisotopic (exact) mass is 543 g/mol. The first kappa shape index (κ1) is 27.1. The molecule has 2 aliphatic rings. The first-order valence-corrected chi connectivity index (χ1v) is 13.4. The Morgan fingerprint density at radius 3 is 2.54 bits per heavy atom. The fraction of sp³-hybridized carbons (Fsp3) is 0.500. The van der Waals surface area contributed by atoms with Gasteiger partial charge in [0.15, 0.2) is 0 Å². The average Bonchev–Trinajstić information content (AvgIpc) is 3.38. The summed E-state index contributed by atoms with van der Waals surface area (Å²) in [6.07, 6.45) is 11.6. The second kappa shape index (κ2) is 13.0. The summed E-state index contributed by atoms with van der Waals surface area (Å²) in [4.78, 5) is 27.5. The van der Waals surface area contributed by atoms with E-state index < -0.39 is 12.1 Å². The Morgan fingerprint density at radius 1 is 1.23 bits per heavy atom. The predicted molar refractivity (Wildman–Crippen MR) is 144 cm³/mol. The van der Waals surface area contributed by atoms with Crippen LogP contribution in [0.5, 0.6) is 0 Å². The van der Waals surface area contributed by atoms with E-state index in [1.165, 1.54) is 19.1 Å². The van der Waals surface area contributed by atoms with Gasteiger partial charge in [-0.3, -0.25) is 4.79 Å². The number of nitrogens with zero attached hydrogens (tertiary/aromatic N) is 1. The van der Waals surface area contributed by atoms with Gasteiger partial charge in [-0.15, -0.1) is 0 Å². The minimum Gasteiger partial charge on any atom is -0.453 e. The van der Waals surface area contributed by atoms with Crippen molar-refractivity contribution in [1.29, 1.82) is 0 Å². The number of ether oxygens (including phenoxy) is 1. The standard InChI is InChI=1S/C28H38BrN3O3/c1-5-19(2)24(21-13-15-23(29)16-14-21)18-30-20(3)25-12-9-17-32(25)27(33)26(31-28(34)35-4)22-10-7-6-8-11-22/h9,12-16,18-19,22,25-26,30H,3,5-8,10-11,17H2,1-2,4H3,(H,31,34)/b24-18+. The van der Waals surface area contributed by atoms with Crippen molar-refractivity contribution in [1.82, 2.24) is 15.5 Å². The normalized spacial score (nSPS) is 20.3. The maximum atomic E-state index is 13.7. The van der Waals surface area contributed by atoms with Crippen LogP contribution in [0.15, 0.2) is 59.4 Å². The van der Waals surface area contributed by atoms with Crippen molar-refractivity contribution in [3.8, 4) is 0 Å². The van der Waals surface area contributed by atoms with Crippen molar-refractivity contribution in [2.45, 2.75) is 64.5 Å². The molecule has 0 spiro atoms. The lowest BCUT2D eigenvalue weighted by molar-refractivity contribution is -0.135. The number of allylic oxidation sites excluding steroid dienone is 1. The minimum atomic E-state index is -0.591. The van der Waals surface area contributed by atoms with E-state index in [0.717, 1.165) is 47.8 Å². The summed E-state index contributed by atoms with van der Waals surface area (Å²) in [5.41, 5.74) is 3.07. The van der Waals surface area contributed by atoms with Gasteiger partial charge in [0.05, 0.1) is 13.2 Å². The van der Waals surface area contributed by atoms with Gasteiger partial charge in [0, 0.05) is 22.9 Å². The molecule has 190 valence electrons. The average molecular weight is 545 g/mol. The first-order valence-electron chi connectivity index (χ1n) is 12.6. The molecule has 3 unspecified atom stereocenters. The van der Waals surface area contributed by atoms with E-state index in [-0.39, 0.29) is 17.9 Å². The first-order chi connectivity index (χ1) is 16.8. The van der Waals surface area contributed by atoms with Crippen molar-refractivity contribution >= 4 is 33.5 Å². The second-order valence-electron chi connectivity index (χ2n) is 9.46. The lowest BCUT2D eigenvalue weighted by Gasteiger charge is -2.35. The number of carbonyl (C=O) groups is 2. The fourth-order valence-corrected chi connectivity index (χ4v) is 5.16. The van der Waals surface area contributed by atoms with Crippen LogP contribution in [0.25, 0.3) is 5.57 Å². The molecule has 1 heterocycles. The Morgan fingerprint density at radius 2 is 1.91 bits per heavy atom. The molecule has 2 N–H and O–H groups in total. The third-order valence-electron chi connectivity index (χ3n) is 7.18. The largest absolute Gasteiger partial charge is 0.453 e. The molecule has 35 heavy (non-hydrogen) atoms. The Labute approximate surface area is 218 Å². The number of alkyl carbamates (subject to hydrolysis) is 1. The zero-order valence-corrected chi connectivity index (χ0v) is 22.6. The quantitative estimate of drug-likeness (QED) is 0.374. The van der Waals surface area contributed by atoms with Gasteiger partial charge < -0.3 is 20.3 Å². The number of benzene rings is 1. The van der Waals surface area contributed by atoms with Crippen molar-refractivity contribution in [2.24, 2.45) is 11.8 Å². The number of amides is 2. The summed E-state index contributed by atoms with van der Waals surface area (Å²) in [5.74, 6) is 0.389. The van der Waals surface area contributed by atoms with Crippen LogP contribution in [0.2, 0.25) is 0 Å². The highest BCUT2D eigenvalue weighted by molar-refractivity contribution is 9.10. The van der Waals surface area contributed by atoms with E-state index in [1.807, 2.05) is 30.5 Å². The fourth-order valence-electron chi connectivity index (χ4n) is 4.89. The molecule has 0 aromatic heterocycles. The molecule has 2 amide bonds. The van der Waals surface area contributed by atoms with E-state index in [1.54, 1.807) is 4.90 Å². The number of hydrogen-bond acceptors (Lipinski definition) is 4. The molecule has 1 aromatic rings. The third-order valence-corrected chi connectivity index (χ3v) is 7.70. The van der Waals surface area contributed by atoms with Crippen LogP contribution in [0.4, 0.5) is 4.79 Å². The summed E-state index contributed by atoms with van der Waals surface area (Å²) >= 11 is 3.51. The summed E-state index contributed by atoms with van der Waals surface area (Å²) < 4.78 is 5.87. The summed E-state index contributed by atoms with van der Waals surface area (Å²) in [7, 11) is 1.33. The smallest absolute Gasteiger partial charge is 0.407 e. The number of carbonyl (C=O) groups excluding carboxylic acids is 2. The van der Waals surface area contributed by atoms with E-state index in [0.29, 0.717) is 12.5 Å². The summed E-state index contributed by atoms with van der Waals surface area (Å²) in [6, 6.07) is 7.41. The molecule has 7 heteroatoms. The van der Waals surface area contributed by atoms with Crippen LogP contribution < -0.4 is 10.6 Å². The minimum absolute atomic E-state index is 0.0840. The highest BCUT2D eigenvalue weighted by Crippen LogP contribution is 2.30. The molecule has 3 rings (SSSR count). The Bertz CT molecular complexity index is 951. The van der Waals surface area contributed by atoms with Crippen LogP contribution in [0.1, 0.15) is 57.9 Å². The van der Waals surface area contributed by atoms with Crippen LogP contribution in [0.3, 0.4) is 0 Å². The van der Waals surface area contributed by atoms with Gasteiger partial charge in [-0.05, 0) is 54.4 Å². The van der Waals surface area contributed by atoms with Gasteiger partial charge in [-0.25, -0.2) is 4.79 Å². The summed E-state index contributed by atoms with van der Waals surface area (Å²) in [6.45, 7) is 9.13. The maximum Gasteiger partial charge on any atom is 0.407 e. The van der Waals surface area contributed by atoms with Gasteiger partial charge in [0.25, 0.3) is 0 Å². The lowest BCUT2D eigenvalue weighted by atomic mass is 9.83. The Kier molecular flexibility index (Phi) is 10.0. The number of methoxy groups -OCH3 is 1. The van der Waals surface area contributed by atoms with Crippen molar-refractivity contribution in [3.05, 3.63) is 64.9 Å². The zero-order valence-electron chi connectivity index (χ0n) is 21.1. The molecule has 1 aliphatic carbocycles. The van der Waals surface area contributed by atoms with E-state index in [9.17, 15) is 9.59 Å². The van der Waals surface area contributed by atoms with Gasteiger partial charge in [0.2, 0.25) is 5.91 Å². The van der Waals surface area contributed by atoms with Gasteiger partial charge in [0.1, 0.15) is 6.04 Å². The van der Waals surface area contributed by atoms with Gasteiger partial charge in [-0.1, -0.05) is 79.9 Å². The SMILES string of the molecule is C=C(N/C=C(/c1ccc(Br)cc1)C(C)CC)C1C=CCN1C(=O)C(NC(=O)OC)C1CCCCC1. The van der Waals surface area contributed by atoms with Crippen LogP contribution in [-0.2, 0) is 9.53 Å². The topological polar surface area (TPSA) is 70.7 Å². The number of halogens is 1. The molecule has 1 saturated carbocycles. The van der Waals surface area contributed by atoms with E-state index in [4.69, 9.17) is 4.74 Å². The third kappa shape index (κ3) is 7.00. The molecule has 1 aliphatic heterocycles. The van der Waals surface area contributed by atoms with Crippen LogP contribution >= 0.6 is 15.9 Å². The van der Waals surface area contributed by atoms with Crippen molar-refractivity contribution < 1.29 is 14.3 Å². The van der Waals surface area contributed by atoms with Gasteiger partial charge >= 0.3 is 6.09 Å². The van der Waals surface area contributed by atoms with Crippen molar-refractivity contribution in [2.75, 3.05) is 13.7 Å². The van der Waals surface area contributed by atoms with Gasteiger partial charge in [-0.2, -0.15) is 0 Å².